The zero-order chi connectivity index (χ0) is 22.0. The second kappa shape index (κ2) is 11.2. The van der Waals surface area contributed by atoms with E-state index in [-0.39, 0.29) is 0 Å². The largest absolute Gasteiger partial charge is 0.494 e. The van der Waals surface area contributed by atoms with E-state index < -0.39 is 0 Å². The lowest BCUT2D eigenvalue weighted by Gasteiger charge is -2.15. The van der Waals surface area contributed by atoms with Crippen molar-refractivity contribution in [2.24, 2.45) is 0 Å². The number of benzene rings is 3. The Morgan fingerprint density at radius 1 is 0.875 bits per heavy atom. The van der Waals surface area contributed by atoms with Crippen molar-refractivity contribution in [2.75, 3.05) is 31.6 Å². The van der Waals surface area contributed by atoms with Gasteiger partial charge in [-0.3, -0.25) is 0 Å². The molecule has 5 nitrogen and oxygen atoms in total. The molecule has 1 saturated heterocycles. The highest BCUT2D eigenvalue weighted by Gasteiger charge is 2.10. The lowest BCUT2D eigenvalue weighted by molar-refractivity contribution is 0.263. The van der Waals surface area contributed by atoms with Gasteiger partial charge in [-0.15, -0.1) is 0 Å². The van der Waals surface area contributed by atoms with Gasteiger partial charge in [0.05, 0.1) is 23.9 Å². The number of hydrogen-bond donors (Lipinski definition) is 1. The molecule has 5 heteroatoms. The van der Waals surface area contributed by atoms with Crippen molar-refractivity contribution in [3.63, 3.8) is 0 Å². The molecule has 32 heavy (non-hydrogen) atoms. The SMILES string of the molecule is N#Cc1ccc(Oc2ccccc2NCc2ccc(OCCCN3CCCC3)cc2)cc1. The van der Waals surface area contributed by atoms with Crippen molar-refractivity contribution in [1.29, 1.82) is 5.26 Å². The maximum atomic E-state index is 8.94. The fourth-order valence-electron chi connectivity index (χ4n) is 3.81. The molecule has 1 heterocycles. The third kappa shape index (κ3) is 6.26. The Balaban J connectivity index is 1.26. The molecule has 1 aliphatic heterocycles. The molecule has 0 amide bonds. The molecule has 164 valence electrons. The van der Waals surface area contributed by atoms with E-state index >= 15 is 0 Å². The number of nitriles is 1. The summed E-state index contributed by atoms with van der Waals surface area (Å²) in [7, 11) is 0. The van der Waals surface area contributed by atoms with Gasteiger partial charge in [0.25, 0.3) is 0 Å². The first-order valence-corrected chi connectivity index (χ1v) is 11.3. The fraction of sp³-hybridized carbons (Fsp3) is 0.296. The minimum Gasteiger partial charge on any atom is -0.494 e. The van der Waals surface area contributed by atoms with Crippen LogP contribution in [-0.4, -0.2) is 31.1 Å². The van der Waals surface area contributed by atoms with Gasteiger partial charge in [0, 0.05) is 13.1 Å². The van der Waals surface area contributed by atoms with Crippen LogP contribution >= 0.6 is 0 Å². The van der Waals surface area contributed by atoms with Crippen molar-refractivity contribution in [2.45, 2.75) is 25.8 Å². The first-order valence-electron chi connectivity index (χ1n) is 11.3. The van der Waals surface area contributed by atoms with Crippen LogP contribution in [0.3, 0.4) is 0 Å². The molecule has 0 atom stereocenters. The average Bonchev–Trinajstić information content (AvgIpc) is 3.36. The van der Waals surface area contributed by atoms with Crippen molar-refractivity contribution in [3.8, 4) is 23.3 Å². The van der Waals surface area contributed by atoms with E-state index in [0.717, 1.165) is 36.8 Å². The van der Waals surface area contributed by atoms with Gasteiger partial charge in [0.1, 0.15) is 11.5 Å². The van der Waals surface area contributed by atoms with Gasteiger partial charge in [-0.05, 0) is 86.4 Å². The smallest absolute Gasteiger partial charge is 0.150 e. The van der Waals surface area contributed by atoms with Crippen LogP contribution in [0, 0.1) is 11.3 Å². The molecule has 0 aliphatic carbocycles. The summed E-state index contributed by atoms with van der Waals surface area (Å²) >= 11 is 0. The predicted octanol–water partition coefficient (Wildman–Crippen LogP) is 5.83. The Kier molecular flexibility index (Phi) is 7.62. The quantitative estimate of drug-likeness (QED) is 0.413. The normalized spacial score (nSPS) is 13.5. The number of nitrogens with one attached hydrogen (secondary N) is 1. The van der Waals surface area contributed by atoms with Gasteiger partial charge in [-0.1, -0.05) is 24.3 Å². The summed E-state index contributed by atoms with van der Waals surface area (Å²) in [6.45, 7) is 5.05. The summed E-state index contributed by atoms with van der Waals surface area (Å²) in [4.78, 5) is 2.51. The third-order valence-electron chi connectivity index (χ3n) is 5.59. The minimum absolute atomic E-state index is 0.614. The Morgan fingerprint density at radius 2 is 1.59 bits per heavy atom. The van der Waals surface area contributed by atoms with E-state index in [1.165, 1.54) is 31.5 Å². The van der Waals surface area contributed by atoms with Crippen LogP contribution in [0.25, 0.3) is 0 Å². The Hall–Kier alpha value is -3.49. The van der Waals surface area contributed by atoms with Crippen LogP contribution in [0.2, 0.25) is 0 Å². The highest BCUT2D eigenvalue weighted by atomic mass is 16.5. The Labute approximate surface area is 190 Å². The van der Waals surface area contributed by atoms with Gasteiger partial charge >= 0.3 is 0 Å². The molecule has 0 aromatic heterocycles. The maximum absolute atomic E-state index is 8.94. The Morgan fingerprint density at radius 3 is 2.34 bits per heavy atom. The van der Waals surface area contributed by atoms with Crippen LogP contribution in [0.5, 0.6) is 17.2 Å². The second-order valence-corrected chi connectivity index (χ2v) is 7.98. The molecule has 3 aromatic carbocycles. The maximum Gasteiger partial charge on any atom is 0.150 e. The summed E-state index contributed by atoms with van der Waals surface area (Å²) in [5.74, 6) is 2.36. The number of para-hydroxylation sites is 2. The molecular formula is C27H29N3O2. The van der Waals surface area contributed by atoms with E-state index in [4.69, 9.17) is 14.7 Å². The molecule has 0 saturated carbocycles. The lowest BCUT2D eigenvalue weighted by atomic mass is 10.2. The average molecular weight is 428 g/mol. The van der Waals surface area contributed by atoms with Crippen molar-refractivity contribution < 1.29 is 9.47 Å². The van der Waals surface area contributed by atoms with E-state index in [9.17, 15) is 0 Å². The van der Waals surface area contributed by atoms with Gasteiger partial charge in [-0.2, -0.15) is 5.26 Å². The van der Waals surface area contributed by atoms with E-state index in [0.29, 0.717) is 17.9 Å². The molecule has 0 unspecified atom stereocenters. The monoisotopic (exact) mass is 427 g/mol. The molecule has 0 radical (unpaired) electrons. The zero-order valence-corrected chi connectivity index (χ0v) is 18.3. The number of anilines is 1. The van der Waals surface area contributed by atoms with Crippen LogP contribution in [0.1, 0.15) is 30.4 Å². The molecule has 1 fully saturated rings. The highest BCUT2D eigenvalue weighted by molar-refractivity contribution is 5.58. The van der Waals surface area contributed by atoms with Gasteiger partial charge in [0.2, 0.25) is 0 Å². The second-order valence-electron chi connectivity index (χ2n) is 7.98. The number of hydrogen-bond acceptors (Lipinski definition) is 5. The fourth-order valence-corrected chi connectivity index (χ4v) is 3.81. The lowest BCUT2D eigenvalue weighted by Crippen LogP contribution is -2.21. The number of likely N-dealkylation sites (tertiary alicyclic amines) is 1. The predicted molar refractivity (Wildman–Crippen MR) is 127 cm³/mol. The summed E-state index contributed by atoms with van der Waals surface area (Å²) in [5.41, 5.74) is 2.70. The van der Waals surface area contributed by atoms with Crippen LogP contribution in [0.15, 0.2) is 72.8 Å². The third-order valence-corrected chi connectivity index (χ3v) is 5.59. The topological polar surface area (TPSA) is 57.5 Å². The molecular weight excluding hydrogens is 398 g/mol. The van der Waals surface area contributed by atoms with Gasteiger partial charge in [-0.25, -0.2) is 0 Å². The van der Waals surface area contributed by atoms with Gasteiger partial charge < -0.3 is 19.7 Å². The molecule has 0 bridgehead atoms. The summed E-state index contributed by atoms with van der Waals surface area (Å²) in [6.07, 6.45) is 3.74. The van der Waals surface area contributed by atoms with E-state index in [1.54, 1.807) is 24.3 Å². The number of ether oxygens (including phenoxy) is 2. The zero-order valence-electron chi connectivity index (χ0n) is 18.3. The summed E-state index contributed by atoms with van der Waals surface area (Å²) < 4.78 is 11.9. The van der Waals surface area contributed by atoms with Crippen LogP contribution in [-0.2, 0) is 6.54 Å². The standard InChI is InChI=1S/C27H29N3O2/c28-20-22-8-14-25(15-9-22)32-27-7-2-1-6-26(27)29-21-23-10-12-24(13-11-23)31-19-5-18-30-16-3-4-17-30/h1-2,6-15,29H,3-5,16-19,21H2. The van der Waals surface area contributed by atoms with Crippen LogP contribution in [0.4, 0.5) is 5.69 Å². The molecule has 1 aliphatic rings. The van der Waals surface area contributed by atoms with Crippen LogP contribution < -0.4 is 14.8 Å². The first-order chi connectivity index (χ1) is 15.8. The van der Waals surface area contributed by atoms with Gasteiger partial charge in [0.15, 0.2) is 5.75 Å². The van der Waals surface area contributed by atoms with E-state index in [2.05, 4.69) is 28.4 Å². The van der Waals surface area contributed by atoms with Crippen molar-refractivity contribution in [3.05, 3.63) is 83.9 Å². The Bertz CT molecular complexity index is 1020. The summed E-state index contributed by atoms with van der Waals surface area (Å²) in [6, 6.07) is 25.3. The minimum atomic E-state index is 0.614. The molecule has 0 spiro atoms. The molecule has 1 N–H and O–H groups in total. The first kappa shape index (κ1) is 21.7. The van der Waals surface area contributed by atoms with Crippen molar-refractivity contribution in [1.82, 2.24) is 4.90 Å². The van der Waals surface area contributed by atoms with E-state index in [1.807, 2.05) is 36.4 Å². The highest BCUT2D eigenvalue weighted by Crippen LogP contribution is 2.30. The van der Waals surface area contributed by atoms with Crippen molar-refractivity contribution >= 4 is 5.69 Å². The number of rotatable bonds is 10. The molecule has 3 aromatic rings. The summed E-state index contributed by atoms with van der Waals surface area (Å²) in [5, 5.41) is 12.4. The molecule has 4 rings (SSSR count). The number of nitrogens with zero attached hydrogens (tertiary/aromatic N) is 2.